The summed E-state index contributed by atoms with van der Waals surface area (Å²) in [5.41, 5.74) is 0. The first-order valence-corrected chi connectivity index (χ1v) is 13.3. The SMILES string of the molecule is CCCCC/C=C\CCCC(CC/C=C\CCCCC)CC/C=C\CCCCC. The minimum atomic E-state index is 0.907. The molecule has 0 aliphatic rings. The molecule has 0 saturated heterocycles. The Kier molecular flexibility index (Phi) is 24.6. The molecule has 0 fully saturated rings. The molecule has 29 heavy (non-hydrogen) atoms. The molecule has 170 valence electrons. The van der Waals surface area contributed by atoms with Crippen LogP contribution >= 0.6 is 0 Å². The summed E-state index contributed by atoms with van der Waals surface area (Å²) >= 11 is 0. The van der Waals surface area contributed by atoms with Crippen LogP contribution in [0.1, 0.15) is 143 Å². The fourth-order valence-corrected chi connectivity index (χ4v) is 3.86. The third-order valence-corrected chi connectivity index (χ3v) is 5.89. The quantitative estimate of drug-likeness (QED) is 0.125. The smallest absolute Gasteiger partial charge is 0.0348 e. The Balaban J connectivity index is 4.06. The second-order valence-electron chi connectivity index (χ2n) is 8.85. The van der Waals surface area contributed by atoms with E-state index in [-0.39, 0.29) is 0 Å². The van der Waals surface area contributed by atoms with Gasteiger partial charge in [-0.15, -0.1) is 0 Å². The topological polar surface area (TPSA) is 0 Å². The highest BCUT2D eigenvalue weighted by Gasteiger charge is 2.06. The monoisotopic (exact) mass is 402 g/mol. The van der Waals surface area contributed by atoms with Gasteiger partial charge in [-0.3, -0.25) is 0 Å². The molecular formula is C29H54. The standard InChI is InChI=1S/C29H54/c1-4-7-10-13-16-19-22-25-28-29(26-23-20-17-14-11-8-5-2)27-24-21-18-15-12-9-6-3/h16-21,29H,4-15,22-28H2,1-3H3/b19-16-,20-17-,21-18-. The van der Waals surface area contributed by atoms with Gasteiger partial charge >= 0.3 is 0 Å². The van der Waals surface area contributed by atoms with Gasteiger partial charge in [-0.05, 0) is 83.0 Å². The van der Waals surface area contributed by atoms with Crippen LogP contribution in [0.25, 0.3) is 0 Å². The molecule has 0 aliphatic carbocycles. The van der Waals surface area contributed by atoms with Gasteiger partial charge in [0.25, 0.3) is 0 Å². The molecule has 0 aliphatic heterocycles. The van der Waals surface area contributed by atoms with Crippen molar-refractivity contribution in [2.45, 2.75) is 143 Å². The Hall–Kier alpha value is -0.780. The molecule has 0 rings (SSSR count). The van der Waals surface area contributed by atoms with Crippen molar-refractivity contribution in [1.82, 2.24) is 0 Å². The Morgan fingerprint density at radius 1 is 0.379 bits per heavy atom. The van der Waals surface area contributed by atoms with Crippen molar-refractivity contribution >= 4 is 0 Å². The van der Waals surface area contributed by atoms with Crippen molar-refractivity contribution in [3.63, 3.8) is 0 Å². The maximum Gasteiger partial charge on any atom is -0.0348 e. The van der Waals surface area contributed by atoms with E-state index >= 15 is 0 Å². The Bertz CT molecular complexity index is 349. The van der Waals surface area contributed by atoms with Crippen LogP contribution in [0.4, 0.5) is 0 Å². The molecule has 0 aromatic heterocycles. The van der Waals surface area contributed by atoms with Crippen LogP contribution in [0.15, 0.2) is 36.5 Å². The molecule has 0 heterocycles. The van der Waals surface area contributed by atoms with E-state index < -0.39 is 0 Å². The lowest BCUT2D eigenvalue weighted by molar-refractivity contribution is 0.415. The van der Waals surface area contributed by atoms with E-state index in [9.17, 15) is 0 Å². The van der Waals surface area contributed by atoms with Crippen LogP contribution in [0.5, 0.6) is 0 Å². The molecule has 0 spiro atoms. The second-order valence-corrected chi connectivity index (χ2v) is 8.85. The minimum Gasteiger partial charge on any atom is -0.0885 e. The number of hydrogen-bond donors (Lipinski definition) is 0. The van der Waals surface area contributed by atoms with E-state index in [4.69, 9.17) is 0 Å². The molecule has 0 aromatic carbocycles. The van der Waals surface area contributed by atoms with Crippen molar-refractivity contribution in [3.8, 4) is 0 Å². The van der Waals surface area contributed by atoms with Gasteiger partial charge in [-0.2, -0.15) is 0 Å². The van der Waals surface area contributed by atoms with Crippen LogP contribution in [0.3, 0.4) is 0 Å². The average molecular weight is 403 g/mol. The first-order chi connectivity index (χ1) is 14.3. The number of hydrogen-bond acceptors (Lipinski definition) is 0. The summed E-state index contributed by atoms with van der Waals surface area (Å²) in [6, 6.07) is 0. The van der Waals surface area contributed by atoms with Crippen LogP contribution in [-0.2, 0) is 0 Å². The zero-order valence-corrected chi connectivity index (χ0v) is 20.5. The maximum absolute atomic E-state index is 2.46. The first kappa shape index (κ1) is 28.2. The Labute approximate surface area is 185 Å². The third kappa shape index (κ3) is 23.4. The predicted molar refractivity (Wildman–Crippen MR) is 136 cm³/mol. The van der Waals surface area contributed by atoms with Gasteiger partial charge in [-0.25, -0.2) is 0 Å². The van der Waals surface area contributed by atoms with Gasteiger partial charge in [0.15, 0.2) is 0 Å². The molecule has 0 aromatic rings. The van der Waals surface area contributed by atoms with Gasteiger partial charge in [0.2, 0.25) is 0 Å². The van der Waals surface area contributed by atoms with Crippen molar-refractivity contribution in [2.24, 2.45) is 5.92 Å². The van der Waals surface area contributed by atoms with Crippen molar-refractivity contribution in [1.29, 1.82) is 0 Å². The minimum absolute atomic E-state index is 0.907. The molecule has 0 heteroatoms. The van der Waals surface area contributed by atoms with Crippen LogP contribution in [-0.4, -0.2) is 0 Å². The predicted octanol–water partition coefficient (Wildman–Crippen LogP) is 10.7. The molecule has 0 radical (unpaired) electrons. The van der Waals surface area contributed by atoms with E-state index in [1.165, 1.54) is 122 Å². The van der Waals surface area contributed by atoms with Crippen molar-refractivity contribution in [2.75, 3.05) is 0 Å². The number of unbranched alkanes of at least 4 members (excludes halogenated alkanes) is 10. The summed E-state index contributed by atoms with van der Waals surface area (Å²) in [5.74, 6) is 0.907. The van der Waals surface area contributed by atoms with Crippen LogP contribution in [0.2, 0.25) is 0 Å². The highest BCUT2D eigenvalue weighted by molar-refractivity contribution is 4.86. The zero-order valence-electron chi connectivity index (χ0n) is 20.5. The molecule has 0 atom stereocenters. The molecular weight excluding hydrogens is 348 g/mol. The summed E-state index contributed by atoms with van der Waals surface area (Å²) in [4.78, 5) is 0. The van der Waals surface area contributed by atoms with Crippen molar-refractivity contribution in [3.05, 3.63) is 36.5 Å². The summed E-state index contributed by atoms with van der Waals surface area (Å²) in [6.07, 6.45) is 40.1. The molecule has 0 unspecified atom stereocenters. The first-order valence-electron chi connectivity index (χ1n) is 13.3. The molecule has 0 amide bonds. The highest BCUT2D eigenvalue weighted by atomic mass is 14.1. The van der Waals surface area contributed by atoms with Gasteiger partial charge in [0.1, 0.15) is 0 Å². The van der Waals surface area contributed by atoms with E-state index in [1.807, 2.05) is 0 Å². The van der Waals surface area contributed by atoms with Crippen LogP contribution in [0, 0.1) is 5.92 Å². The summed E-state index contributed by atoms with van der Waals surface area (Å²) in [6.45, 7) is 6.85. The number of allylic oxidation sites excluding steroid dienone is 6. The van der Waals surface area contributed by atoms with Gasteiger partial charge in [0.05, 0.1) is 0 Å². The Morgan fingerprint density at radius 2 is 0.724 bits per heavy atom. The van der Waals surface area contributed by atoms with Gasteiger partial charge in [-0.1, -0.05) is 102 Å². The maximum atomic E-state index is 2.46. The lowest BCUT2D eigenvalue weighted by atomic mass is 9.91. The van der Waals surface area contributed by atoms with Gasteiger partial charge < -0.3 is 0 Å². The van der Waals surface area contributed by atoms with Gasteiger partial charge in [0, 0.05) is 0 Å². The Morgan fingerprint density at radius 3 is 1.10 bits per heavy atom. The summed E-state index contributed by atoms with van der Waals surface area (Å²) in [5, 5.41) is 0. The normalized spacial score (nSPS) is 12.4. The summed E-state index contributed by atoms with van der Waals surface area (Å²) < 4.78 is 0. The fourth-order valence-electron chi connectivity index (χ4n) is 3.86. The zero-order chi connectivity index (χ0) is 21.3. The summed E-state index contributed by atoms with van der Waals surface area (Å²) in [7, 11) is 0. The molecule has 0 N–H and O–H groups in total. The van der Waals surface area contributed by atoms with E-state index in [0.717, 1.165) is 5.92 Å². The van der Waals surface area contributed by atoms with Crippen LogP contribution < -0.4 is 0 Å². The second kappa shape index (κ2) is 25.3. The van der Waals surface area contributed by atoms with E-state index in [1.54, 1.807) is 0 Å². The molecule has 0 saturated carbocycles. The number of rotatable bonds is 22. The van der Waals surface area contributed by atoms with E-state index in [2.05, 4.69) is 57.2 Å². The average Bonchev–Trinajstić information content (AvgIpc) is 2.73. The lowest BCUT2D eigenvalue weighted by Crippen LogP contribution is -2.00. The lowest BCUT2D eigenvalue weighted by Gasteiger charge is -2.14. The third-order valence-electron chi connectivity index (χ3n) is 5.89. The van der Waals surface area contributed by atoms with Crippen molar-refractivity contribution < 1.29 is 0 Å². The largest absolute Gasteiger partial charge is 0.0885 e. The van der Waals surface area contributed by atoms with E-state index in [0.29, 0.717) is 0 Å². The highest BCUT2D eigenvalue weighted by Crippen LogP contribution is 2.22. The molecule has 0 bridgehead atoms. The fraction of sp³-hybridized carbons (Fsp3) is 0.793. The molecule has 0 nitrogen and oxygen atoms in total.